The molecule has 1 aromatic carbocycles. The molecule has 0 radical (unpaired) electrons. The number of benzene rings is 1. The number of aryl methyl sites for hydroxylation is 1. The highest BCUT2D eigenvalue weighted by atomic mass is 16.5. The van der Waals surface area contributed by atoms with Gasteiger partial charge in [-0.2, -0.15) is 0 Å². The minimum Gasteiger partial charge on any atom is -0.481 e. The van der Waals surface area contributed by atoms with Crippen LogP contribution in [-0.4, -0.2) is 93.7 Å². The number of carbonyl (C=O) groups excluding carboxylic acids is 4. The molecule has 1 rings (SSSR count). The predicted octanol–water partition coefficient (Wildman–Crippen LogP) is 3.87. The Morgan fingerprint density at radius 1 is 0.756 bits per heavy atom. The molecule has 254 valence electrons. The zero-order chi connectivity index (χ0) is 33.5. The normalized spacial score (nSPS) is 12.1. The van der Waals surface area contributed by atoms with Crippen molar-refractivity contribution in [2.24, 2.45) is 5.92 Å². The SMILES string of the molecule is CC(=O)COCCOCCCC(=O)COCCOCCNC(=O)CC[C@H](CC(=O)CCCc1ccc(C(C)(C)C)cc1)C(=O)O. The molecule has 11 heteroatoms. The number of rotatable bonds is 27. The van der Waals surface area contributed by atoms with E-state index in [2.05, 4.69) is 50.4 Å². The Morgan fingerprint density at radius 3 is 1.98 bits per heavy atom. The molecule has 0 fully saturated rings. The lowest BCUT2D eigenvalue weighted by atomic mass is 9.86. The first-order valence-corrected chi connectivity index (χ1v) is 15.8. The molecule has 0 bridgehead atoms. The molecule has 0 heterocycles. The molecule has 11 nitrogen and oxygen atoms in total. The number of carbonyl (C=O) groups is 5. The van der Waals surface area contributed by atoms with E-state index in [9.17, 15) is 29.1 Å². The largest absolute Gasteiger partial charge is 0.481 e. The maximum Gasteiger partial charge on any atom is 0.306 e. The second-order valence-corrected chi connectivity index (χ2v) is 12.1. The van der Waals surface area contributed by atoms with Crippen molar-refractivity contribution in [2.75, 3.05) is 59.4 Å². The summed E-state index contributed by atoms with van der Waals surface area (Å²) in [4.78, 5) is 58.8. The zero-order valence-electron chi connectivity index (χ0n) is 27.5. The van der Waals surface area contributed by atoms with Gasteiger partial charge in [-0.25, -0.2) is 0 Å². The van der Waals surface area contributed by atoms with Gasteiger partial charge in [-0.15, -0.1) is 0 Å². The number of ether oxygens (including phenoxy) is 4. The highest BCUT2D eigenvalue weighted by Gasteiger charge is 2.22. The highest BCUT2D eigenvalue weighted by molar-refractivity contribution is 5.84. The second-order valence-electron chi connectivity index (χ2n) is 12.1. The van der Waals surface area contributed by atoms with Crippen molar-refractivity contribution in [3.05, 3.63) is 35.4 Å². The lowest BCUT2D eigenvalue weighted by Gasteiger charge is -2.19. The van der Waals surface area contributed by atoms with Gasteiger partial charge in [0.2, 0.25) is 5.91 Å². The van der Waals surface area contributed by atoms with Crippen LogP contribution >= 0.6 is 0 Å². The first-order valence-electron chi connectivity index (χ1n) is 15.8. The van der Waals surface area contributed by atoms with Crippen molar-refractivity contribution in [2.45, 2.75) is 84.5 Å². The summed E-state index contributed by atoms with van der Waals surface area (Å²) in [6.45, 7) is 10.1. The third-order valence-corrected chi connectivity index (χ3v) is 6.91. The predicted molar refractivity (Wildman–Crippen MR) is 169 cm³/mol. The van der Waals surface area contributed by atoms with Crippen LogP contribution in [0.25, 0.3) is 0 Å². The molecule has 1 amide bonds. The number of Topliss-reactive ketones (excluding diaryl/α,β-unsaturated/α-hetero) is 3. The monoisotopic (exact) mass is 635 g/mol. The Labute approximate surface area is 267 Å². The van der Waals surface area contributed by atoms with E-state index >= 15 is 0 Å². The van der Waals surface area contributed by atoms with Crippen LogP contribution in [0.2, 0.25) is 0 Å². The van der Waals surface area contributed by atoms with Crippen LogP contribution in [-0.2, 0) is 54.8 Å². The number of amides is 1. The molecule has 0 saturated carbocycles. The summed E-state index contributed by atoms with van der Waals surface area (Å²) >= 11 is 0. The Bertz CT molecular complexity index is 1030. The van der Waals surface area contributed by atoms with E-state index in [0.717, 1.165) is 12.0 Å². The molecule has 0 unspecified atom stereocenters. The molecule has 1 atom stereocenters. The summed E-state index contributed by atoms with van der Waals surface area (Å²) in [7, 11) is 0. The van der Waals surface area contributed by atoms with E-state index < -0.39 is 11.9 Å². The summed E-state index contributed by atoms with van der Waals surface area (Å²) in [6, 6.07) is 8.37. The molecule has 0 aliphatic heterocycles. The first-order chi connectivity index (χ1) is 21.4. The summed E-state index contributed by atoms with van der Waals surface area (Å²) in [5.74, 6) is -2.45. The minimum absolute atomic E-state index is 0.00821. The number of nitrogens with one attached hydrogen (secondary N) is 1. The quantitative estimate of drug-likeness (QED) is 0.136. The third kappa shape index (κ3) is 21.4. The first kappa shape index (κ1) is 40.0. The van der Waals surface area contributed by atoms with Gasteiger partial charge >= 0.3 is 5.97 Å². The Hall–Kier alpha value is -2.99. The van der Waals surface area contributed by atoms with E-state index in [4.69, 9.17) is 18.9 Å². The fraction of sp³-hybridized carbons (Fsp3) is 0.676. The number of carboxylic acid groups (broad SMARTS) is 1. The molecule has 0 aliphatic rings. The number of hydrogen-bond donors (Lipinski definition) is 2. The standard InChI is InChI=1S/C34H53NO10/c1-26(36)24-44-21-19-42-17-6-9-31(38)25-45-22-20-43-18-16-35-32(39)15-12-28(33(40)41)23-30(37)8-5-7-27-10-13-29(14-11-27)34(2,3)4/h10-11,13-14,28H,5-9,12,15-25H2,1-4H3,(H,35,39)(H,40,41)/t28-/m1/s1. The molecular formula is C34H53NO10. The Kier molecular flexibility index (Phi) is 20.8. The molecule has 0 spiro atoms. The van der Waals surface area contributed by atoms with E-state index in [-0.39, 0.29) is 87.5 Å². The third-order valence-electron chi connectivity index (χ3n) is 6.91. The fourth-order valence-corrected chi connectivity index (χ4v) is 4.29. The lowest BCUT2D eigenvalue weighted by Crippen LogP contribution is -2.29. The van der Waals surface area contributed by atoms with Gasteiger partial charge in [0.25, 0.3) is 0 Å². The zero-order valence-corrected chi connectivity index (χ0v) is 27.5. The van der Waals surface area contributed by atoms with Crippen molar-refractivity contribution in [1.82, 2.24) is 5.32 Å². The topological polar surface area (TPSA) is 155 Å². The molecule has 1 aromatic rings. The highest BCUT2D eigenvalue weighted by Crippen LogP contribution is 2.23. The van der Waals surface area contributed by atoms with E-state index in [1.54, 1.807) is 0 Å². The van der Waals surface area contributed by atoms with E-state index in [0.29, 0.717) is 45.5 Å². The molecular weight excluding hydrogens is 582 g/mol. The fourth-order valence-electron chi connectivity index (χ4n) is 4.29. The molecule has 2 N–H and O–H groups in total. The number of aliphatic carboxylic acids is 1. The molecule has 0 aliphatic carbocycles. The summed E-state index contributed by atoms with van der Waals surface area (Å²) in [6.07, 6.45) is 2.64. The van der Waals surface area contributed by atoms with E-state index in [1.807, 2.05) is 0 Å². The van der Waals surface area contributed by atoms with Crippen LogP contribution in [0, 0.1) is 5.92 Å². The van der Waals surface area contributed by atoms with Crippen LogP contribution in [0.3, 0.4) is 0 Å². The summed E-state index contributed by atoms with van der Waals surface area (Å²) in [5, 5.41) is 12.2. The Balaban J connectivity index is 2.06. The maximum absolute atomic E-state index is 12.4. The average Bonchev–Trinajstić information content (AvgIpc) is 2.97. The van der Waals surface area contributed by atoms with Crippen LogP contribution < -0.4 is 5.32 Å². The maximum atomic E-state index is 12.4. The second kappa shape index (κ2) is 23.4. The van der Waals surface area contributed by atoms with Gasteiger partial charge in [0.15, 0.2) is 11.6 Å². The summed E-state index contributed by atoms with van der Waals surface area (Å²) < 4.78 is 21.1. The van der Waals surface area contributed by atoms with Crippen molar-refractivity contribution < 1.29 is 48.0 Å². The van der Waals surface area contributed by atoms with Crippen LogP contribution in [0.4, 0.5) is 0 Å². The Morgan fingerprint density at radius 2 is 1.36 bits per heavy atom. The lowest BCUT2D eigenvalue weighted by molar-refractivity contribution is -0.144. The minimum atomic E-state index is -1.07. The van der Waals surface area contributed by atoms with Crippen molar-refractivity contribution in [1.29, 1.82) is 0 Å². The van der Waals surface area contributed by atoms with Crippen LogP contribution in [0.1, 0.15) is 83.8 Å². The average molecular weight is 636 g/mol. The van der Waals surface area contributed by atoms with Gasteiger partial charge in [-0.1, -0.05) is 45.0 Å². The smallest absolute Gasteiger partial charge is 0.306 e. The van der Waals surface area contributed by atoms with Gasteiger partial charge in [-0.05, 0) is 49.1 Å². The van der Waals surface area contributed by atoms with Gasteiger partial charge in [0.1, 0.15) is 19.0 Å². The van der Waals surface area contributed by atoms with Crippen molar-refractivity contribution in [3.8, 4) is 0 Å². The van der Waals surface area contributed by atoms with Crippen LogP contribution in [0.5, 0.6) is 0 Å². The number of hydrogen-bond acceptors (Lipinski definition) is 9. The van der Waals surface area contributed by atoms with Gasteiger partial charge in [-0.3, -0.25) is 24.0 Å². The number of ketones is 3. The van der Waals surface area contributed by atoms with Crippen LogP contribution in [0.15, 0.2) is 24.3 Å². The van der Waals surface area contributed by atoms with Crippen molar-refractivity contribution >= 4 is 29.2 Å². The number of carboxylic acids is 1. The molecule has 45 heavy (non-hydrogen) atoms. The van der Waals surface area contributed by atoms with Gasteiger partial charge in [0, 0.05) is 38.8 Å². The van der Waals surface area contributed by atoms with Crippen molar-refractivity contribution in [3.63, 3.8) is 0 Å². The van der Waals surface area contributed by atoms with E-state index in [1.165, 1.54) is 12.5 Å². The van der Waals surface area contributed by atoms with Gasteiger partial charge < -0.3 is 29.4 Å². The molecule has 0 saturated heterocycles. The van der Waals surface area contributed by atoms with Gasteiger partial charge in [0.05, 0.1) is 39.0 Å². The summed E-state index contributed by atoms with van der Waals surface area (Å²) in [5.41, 5.74) is 2.48. The molecule has 0 aromatic heterocycles.